The number of nitrogens with zero attached hydrogens (tertiary/aromatic N) is 1. The number of hydrogen-bond donors (Lipinski definition) is 0. The molecule has 0 aliphatic heterocycles. The molecule has 0 N–H and O–H groups in total. The molecule has 0 aliphatic rings. The minimum atomic E-state index is 0.594. The Hall–Kier alpha value is -1.58. The molecule has 0 unspecified atom stereocenters. The summed E-state index contributed by atoms with van der Waals surface area (Å²) in [6, 6.07) is 15.7. The van der Waals surface area contributed by atoms with E-state index in [4.69, 9.17) is 16.3 Å². The van der Waals surface area contributed by atoms with Gasteiger partial charge >= 0.3 is 0 Å². The van der Waals surface area contributed by atoms with Crippen molar-refractivity contribution in [1.82, 2.24) is 4.98 Å². The summed E-state index contributed by atoms with van der Waals surface area (Å²) in [6.07, 6.45) is 0. The average Bonchev–Trinajstić information content (AvgIpc) is 2.49. The minimum absolute atomic E-state index is 0.594. The molecule has 2 nitrogen and oxygen atoms in total. The highest BCUT2D eigenvalue weighted by molar-refractivity contribution is 9.08. The highest BCUT2D eigenvalue weighted by Gasteiger charge is 2.11. The molecule has 1 heterocycles. The van der Waals surface area contributed by atoms with Crippen LogP contribution in [0.15, 0.2) is 48.5 Å². The van der Waals surface area contributed by atoms with Crippen molar-refractivity contribution >= 4 is 38.4 Å². The molecule has 3 aromatic rings. The molecule has 0 radical (unpaired) electrons. The Labute approximate surface area is 136 Å². The van der Waals surface area contributed by atoms with Crippen LogP contribution in [0.25, 0.3) is 10.9 Å². The number of alkyl halides is 1. The van der Waals surface area contributed by atoms with E-state index >= 15 is 0 Å². The van der Waals surface area contributed by atoms with Crippen molar-refractivity contribution in [2.75, 3.05) is 0 Å². The fraction of sp³-hybridized carbons (Fsp3) is 0.118. The highest BCUT2D eigenvalue weighted by Crippen LogP contribution is 2.36. The van der Waals surface area contributed by atoms with Crippen LogP contribution in [0, 0.1) is 6.92 Å². The van der Waals surface area contributed by atoms with Crippen LogP contribution in [0.5, 0.6) is 11.5 Å². The first kappa shape index (κ1) is 14.4. The zero-order valence-electron chi connectivity index (χ0n) is 11.4. The second kappa shape index (κ2) is 6.04. The molecule has 0 saturated carbocycles. The predicted octanol–water partition coefficient (Wildman–Crippen LogP) is 5.88. The minimum Gasteiger partial charge on any atom is -0.453 e. The van der Waals surface area contributed by atoms with Crippen LogP contribution in [-0.4, -0.2) is 4.98 Å². The van der Waals surface area contributed by atoms with Gasteiger partial charge in [-0.2, -0.15) is 0 Å². The molecule has 0 bridgehead atoms. The molecule has 0 spiro atoms. The van der Waals surface area contributed by atoms with Crippen molar-refractivity contribution in [3.63, 3.8) is 0 Å². The highest BCUT2D eigenvalue weighted by atomic mass is 79.9. The van der Waals surface area contributed by atoms with E-state index in [1.807, 2.05) is 55.5 Å². The first-order valence-electron chi connectivity index (χ1n) is 6.56. The van der Waals surface area contributed by atoms with E-state index < -0.39 is 0 Å². The summed E-state index contributed by atoms with van der Waals surface area (Å²) in [7, 11) is 0. The van der Waals surface area contributed by atoms with Gasteiger partial charge in [0.15, 0.2) is 5.75 Å². The van der Waals surface area contributed by atoms with Gasteiger partial charge in [0, 0.05) is 22.0 Å². The molecule has 0 amide bonds. The van der Waals surface area contributed by atoms with E-state index in [9.17, 15) is 0 Å². The Kier molecular flexibility index (Phi) is 4.13. The Balaban J connectivity index is 2.13. The number of ether oxygens (including phenoxy) is 1. The van der Waals surface area contributed by atoms with E-state index in [-0.39, 0.29) is 0 Å². The van der Waals surface area contributed by atoms with Crippen molar-refractivity contribution in [3.05, 3.63) is 64.8 Å². The second-order valence-electron chi connectivity index (χ2n) is 4.74. The van der Waals surface area contributed by atoms with Gasteiger partial charge in [0.25, 0.3) is 0 Å². The van der Waals surface area contributed by atoms with Crippen LogP contribution in [0.4, 0.5) is 0 Å². The van der Waals surface area contributed by atoms with Crippen molar-refractivity contribution in [3.8, 4) is 11.5 Å². The van der Waals surface area contributed by atoms with Crippen molar-refractivity contribution in [2.24, 2.45) is 0 Å². The molecule has 106 valence electrons. The first-order chi connectivity index (χ1) is 10.2. The topological polar surface area (TPSA) is 22.1 Å². The van der Waals surface area contributed by atoms with Crippen LogP contribution in [0.3, 0.4) is 0 Å². The predicted molar refractivity (Wildman–Crippen MR) is 90.6 cm³/mol. The van der Waals surface area contributed by atoms with E-state index in [0.717, 1.165) is 22.2 Å². The summed E-state index contributed by atoms with van der Waals surface area (Å²) in [6.45, 7) is 1.97. The van der Waals surface area contributed by atoms with Gasteiger partial charge in [0.2, 0.25) is 0 Å². The Morgan fingerprint density at radius 1 is 1.10 bits per heavy atom. The maximum atomic E-state index is 6.27. The molecular formula is C17H13BrClNO. The zero-order valence-corrected chi connectivity index (χ0v) is 13.8. The zero-order chi connectivity index (χ0) is 14.8. The third kappa shape index (κ3) is 2.89. The molecule has 0 saturated heterocycles. The summed E-state index contributed by atoms with van der Waals surface area (Å²) < 4.78 is 6.07. The largest absolute Gasteiger partial charge is 0.453 e. The number of hydrogen-bond acceptors (Lipinski definition) is 2. The lowest BCUT2D eigenvalue weighted by Gasteiger charge is -2.13. The number of halogens is 2. The van der Waals surface area contributed by atoms with Gasteiger partial charge in [-0.1, -0.05) is 57.9 Å². The smallest absolute Gasteiger partial charge is 0.153 e. The number of pyridine rings is 1. The van der Waals surface area contributed by atoms with Gasteiger partial charge in [-0.15, -0.1) is 0 Å². The van der Waals surface area contributed by atoms with Gasteiger partial charge in [0.1, 0.15) is 11.3 Å². The molecule has 3 rings (SSSR count). The summed E-state index contributed by atoms with van der Waals surface area (Å²) in [5.74, 6) is 1.39. The van der Waals surface area contributed by atoms with Crippen LogP contribution in [-0.2, 0) is 5.33 Å². The average molecular weight is 363 g/mol. The third-order valence-corrected chi connectivity index (χ3v) is 4.13. The molecule has 0 atom stereocenters. The van der Waals surface area contributed by atoms with Gasteiger partial charge in [0.05, 0.1) is 5.02 Å². The first-order valence-corrected chi connectivity index (χ1v) is 8.06. The molecule has 1 aromatic heterocycles. The normalized spacial score (nSPS) is 10.8. The van der Waals surface area contributed by atoms with E-state index in [1.54, 1.807) is 0 Å². The maximum Gasteiger partial charge on any atom is 0.153 e. The standard InChI is InChI=1S/C17H13BrClNO/c1-11-8-9-12-4-3-7-15(16(12)20-11)21-17-13(10-18)5-2-6-14(17)19/h2-9H,10H2,1H3. The van der Waals surface area contributed by atoms with Gasteiger partial charge < -0.3 is 4.74 Å². The monoisotopic (exact) mass is 361 g/mol. The number of para-hydroxylation sites is 2. The number of benzene rings is 2. The van der Waals surface area contributed by atoms with Gasteiger partial charge in [-0.05, 0) is 25.1 Å². The van der Waals surface area contributed by atoms with Crippen LogP contribution in [0.1, 0.15) is 11.3 Å². The van der Waals surface area contributed by atoms with Crippen LogP contribution < -0.4 is 4.74 Å². The van der Waals surface area contributed by atoms with Gasteiger partial charge in [-0.25, -0.2) is 4.98 Å². The Bertz CT molecular complexity index is 804. The number of rotatable bonds is 3. The summed E-state index contributed by atoms with van der Waals surface area (Å²) in [5.41, 5.74) is 2.81. The van der Waals surface area contributed by atoms with Crippen LogP contribution in [0.2, 0.25) is 5.02 Å². The van der Waals surface area contributed by atoms with Crippen LogP contribution >= 0.6 is 27.5 Å². The Morgan fingerprint density at radius 2 is 1.90 bits per heavy atom. The molecular weight excluding hydrogens is 350 g/mol. The summed E-state index contributed by atoms with van der Waals surface area (Å²) in [5, 5.41) is 2.32. The fourth-order valence-electron chi connectivity index (χ4n) is 2.18. The molecule has 21 heavy (non-hydrogen) atoms. The molecule has 2 aromatic carbocycles. The lowest BCUT2D eigenvalue weighted by molar-refractivity contribution is 0.483. The fourth-order valence-corrected chi connectivity index (χ4v) is 2.86. The van der Waals surface area contributed by atoms with E-state index in [1.165, 1.54) is 0 Å². The summed E-state index contributed by atoms with van der Waals surface area (Å²) >= 11 is 9.74. The number of fused-ring (bicyclic) bond motifs is 1. The SMILES string of the molecule is Cc1ccc2cccc(Oc3c(Cl)cccc3CBr)c2n1. The van der Waals surface area contributed by atoms with Crippen molar-refractivity contribution in [2.45, 2.75) is 12.3 Å². The van der Waals surface area contributed by atoms with E-state index in [0.29, 0.717) is 21.9 Å². The second-order valence-corrected chi connectivity index (χ2v) is 5.71. The summed E-state index contributed by atoms with van der Waals surface area (Å²) in [4.78, 5) is 4.58. The molecule has 0 aliphatic carbocycles. The lowest BCUT2D eigenvalue weighted by atomic mass is 10.2. The number of aromatic nitrogens is 1. The molecule has 4 heteroatoms. The van der Waals surface area contributed by atoms with Gasteiger partial charge in [-0.3, -0.25) is 0 Å². The van der Waals surface area contributed by atoms with Crippen molar-refractivity contribution < 1.29 is 4.74 Å². The van der Waals surface area contributed by atoms with E-state index in [2.05, 4.69) is 20.9 Å². The van der Waals surface area contributed by atoms with Crippen molar-refractivity contribution in [1.29, 1.82) is 0 Å². The third-order valence-electron chi connectivity index (χ3n) is 3.23. The lowest BCUT2D eigenvalue weighted by Crippen LogP contribution is -1.93. The maximum absolute atomic E-state index is 6.27. The number of aryl methyl sites for hydroxylation is 1. The quantitative estimate of drug-likeness (QED) is 0.542. The molecule has 0 fully saturated rings. The Morgan fingerprint density at radius 3 is 2.71 bits per heavy atom.